The number of rotatable bonds is 8. The lowest BCUT2D eigenvalue weighted by molar-refractivity contribution is -0.480. The molecule has 2 unspecified atom stereocenters. The van der Waals surface area contributed by atoms with Crippen molar-refractivity contribution in [2.45, 2.75) is 106 Å². The Balaban J connectivity index is 0.000000202. The SMILES string of the molecule is CCC(C)N(c1ccc(C2=C([O-])C(=C3C=CC(=[N+](c4ccc(C)cc4C)C(C)CC)C=C3)C2=O)cc1)c1ccc(C)cc1C.O=C1NCc2ccc(cc2)CNC(=O)c2cccc(c2)C(=O)NCc2ccc(cc2)CNC(=O)c2cccc1c2. The first-order valence-electron chi connectivity index (χ1n) is 28.8. The van der Waals surface area contributed by atoms with Crippen molar-refractivity contribution in [3.8, 4) is 0 Å². The van der Waals surface area contributed by atoms with Crippen LogP contribution in [0.15, 0.2) is 199 Å². The molecule has 7 aromatic carbocycles. The van der Waals surface area contributed by atoms with Gasteiger partial charge >= 0.3 is 0 Å². The third-order valence-corrected chi connectivity index (χ3v) is 15.7. The summed E-state index contributed by atoms with van der Waals surface area (Å²) in [5.74, 6) is -1.49. The van der Waals surface area contributed by atoms with Crippen molar-refractivity contribution in [2.75, 3.05) is 4.90 Å². The molecule has 4 amide bonds. The molecule has 12 nitrogen and oxygen atoms in total. The lowest BCUT2D eigenvalue weighted by Crippen LogP contribution is -2.31. The number of allylic oxidation sites excluding steroid dienone is 7. The molecule has 84 heavy (non-hydrogen) atoms. The molecule has 8 bridgehead atoms. The van der Waals surface area contributed by atoms with Gasteiger partial charge in [0.05, 0.1) is 0 Å². The van der Waals surface area contributed by atoms with E-state index in [1.165, 1.54) is 33.6 Å². The Kier molecular flexibility index (Phi) is 18.6. The number of nitrogens with one attached hydrogen (secondary N) is 4. The van der Waals surface area contributed by atoms with Crippen molar-refractivity contribution in [1.29, 1.82) is 0 Å². The number of anilines is 2. The number of carbonyl (C=O) groups is 5. The first-order valence-corrected chi connectivity index (χ1v) is 28.8. The quantitative estimate of drug-likeness (QED) is 0.0869. The zero-order valence-corrected chi connectivity index (χ0v) is 49.1. The van der Waals surface area contributed by atoms with Crippen LogP contribution in [-0.4, -0.2) is 51.8 Å². The molecule has 4 N–H and O–H groups in total. The second kappa shape index (κ2) is 26.5. The van der Waals surface area contributed by atoms with E-state index in [4.69, 9.17) is 0 Å². The van der Waals surface area contributed by atoms with Gasteiger partial charge in [0.1, 0.15) is 0 Å². The van der Waals surface area contributed by atoms with Crippen LogP contribution in [0.1, 0.15) is 132 Å². The highest BCUT2D eigenvalue weighted by Gasteiger charge is 2.32. The van der Waals surface area contributed by atoms with E-state index in [0.717, 1.165) is 46.5 Å². The number of amides is 4. The number of hydrogen-bond acceptors (Lipinski definition) is 7. The zero-order chi connectivity index (χ0) is 59.6. The number of ketones is 1. The van der Waals surface area contributed by atoms with Gasteiger partial charge < -0.3 is 31.3 Å². The minimum atomic E-state index is -0.280. The van der Waals surface area contributed by atoms with Gasteiger partial charge in [0, 0.05) is 107 Å². The Morgan fingerprint density at radius 1 is 0.476 bits per heavy atom. The lowest BCUT2D eigenvalue weighted by atomic mass is 9.80. The fraction of sp³-hybridized carbons (Fsp3) is 0.222. The van der Waals surface area contributed by atoms with Crippen molar-refractivity contribution in [3.63, 3.8) is 0 Å². The van der Waals surface area contributed by atoms with Gasteiger partial charge in [-0.1, -0.05) is 122 Å². The normalized spacial score (nSPS) is 15.3. The van der Waals surface area contributed by atoms with Crippen molar-refractivity contribution in [1.82, 2.24) is 21.3 Å². The highest BCUT2D eigenvalue weighted by molar-refractivity contribution is 6.39. The van der Waals surface area contributed by atoms with E-state index in [0.29, 0.717) is 59.6 Å². The molecule has 0 saturated heterocycles. The minimum absolute atomic E-state index is 0.183. The second-order valence-electron chi connectivity index (χ2n) is 21.9. The second-order valence-corrected chi connectivity index (χ2v) is 21.9. The monoisotopic (exact) mass is 1120 g/mol. The lowest BCUT2D eigenvalue weighted by Gasteiger charge is -2.34. The van der Waals surface area contributed by atoms with Crippen LogP contribution >= 0.6 is 0 Å². The largest absolute Gasteiger partial charge is 0.871 e. The van der Waals surface area contributed by atoms with E-state index in [1.807, 2.05) is 97.1 Å². The minimum Gasteiger partial charge on any atom is -0.871 e. The molecule has 2 atom stereocenters. The van der Waals surface area contributed by atoms with Crippen molar-refractivity contribution in [2.24, 2.45) is 0 Å². The first kappa shape index (κ1) is 59.0. The maximum absolute atomic E-state index is 13.4. The molecular weight excluding hydrogens is 1040 g/mol. The summed E-state index contributed by atoms with van der Waals surface area (Å²) >= 11 is 0. The van der Waals surface area contributed by atoms with E-state index in [2.05, 4.69) is 123 Å². The molecule has 0 aromatic heterocycles. The average molecular weight is 1120 g/mol. The van der Waals surface area contributed by atoms with E-state index in [-0.39, 0.29) is 58.4 Å². The Bertz CT molecular complexity index is 3580. The van der Waals surface area contributed by atoms with Crippen LogP contribution < -0.4 is 31.3 Å². The summed E-state index contributed by atoms with van der Waals surface area (Å²) in [5, 5.41) is 24.9. The van der Waals surface area contributed by atoms with E-state index < -0.39 is 0 Å². The van der Waals surface area contributed by atoms with Crippen molar-refractivity contribution < 1.29 is 33.7 Å². The molecule has 0 radical (unpaired) electrons. The van der Waals surface area contributed by atoms with Gasteiger partial charge in [-0.05, 0) is 160 Å². The topological polar surface area (TPSA) is 163 Å². The van der Waals surface area contributed by atoms with Gasteiger partial charge in [-0.15, -0.1) is 0 Å². The molecule has 0 spiro atoms. The molecule has 0 fully saturated rings. The van der Waals surface area contributed by atoms with E-state index >= 15 is 0 Å². The average Bonchev–Trinajstić information content (AvgIpc) is 1.41. The third-order valence-electron chi connectivity index (χ3n) is 15.7. The van der Waals surface area contributed by atoms with Crippen LogP contribution in [0.2, 0.25) is 0 Å². The van der Waals surface area contributed by atoms with Gasteiger partial charge in [-0.25, -0.2) is 0 Å². The van der Waals surface area contributed by atoms with E-state index in [9.17, 15) is 29.1 Å². The summed E-state index contributed by atoms with van der Waals surface area (Å²) in [6.45, 7) is 18.6. The third kappa shape index (κ3) is 13.6. The van der Waals surface area contributed by atoms with Gasteiger partial charge in [0.2, 0.25) is 11.4 Å². The summed E-state index contributed by atoms with van der Waals surface area (Å²) in [5.41, 5.74) is 16.4. The molecule has 12 heteroatoms. The molecule has 0 saturated carbocycles. The van der Waals surface area contributed by atoms with Crippen molar-refractivity contribution in [3.05, 3.63) is 271 Å². The van der Waals surface area contributed by atoms with Crippen LogP contribution in [0, 0.1) is 27.7 Å². The molecule has 4 aliphatic heterocycles. The van der Waals surface area contributed by atoms with Gasteiger partial charge in [0.25, 0.3) is 23.6 Å². The summed E-state index contributed by atoms with van der Waals surface area (Å²) in [7, 11) is 0. The van der Waals surface area contributed by atoms with Crippen LogP contribution in [0.3, 0.4) is 0 Å². The maximum atomic E-state index is 13.4. The smallest absolute Gasteiger partial charge is 0.251 e. The summed E-state index contributed by atoms with van der Waals surface area (Å²) in [6, 6.07) is 49.7. The Morgan fingerprint density at radius 2 is 0.905 bits per heavy atom. The van der Waals surface area contributed by atoms with Crippen molar-refractivity contribution >= 4 is 57.8 Å². The Morgan fingerprint density at radius 3 is 1.30 bits per heavy atom. The van der Waals surface area contributed by atoms with Crippen LogP contribution in [0.25, 0.3) is 5.57 Å². The Hall–Kier alpha value is -9.68. The predicted molar refractivity (Wildman–Crippen MR) is 333 cm³/mol. The molecule has 13 rings (SSSR count). The molecule has 7 aromatic rings. The number of aryl methyl sites for hydroxylation is 4. The first-order chi connectivity index (χ1) is 40.5. The van der Waals surface area contributed by atoms with Crippen LogP contribution in [0.5, 0.6) is 0 Å². The van der Waals surface area contributed by atoms with Gasteiger partial charge in [0.15, 0.2) is 11.8 Å². The number of benzene rings is 7. The van der Waals surface area contributed by atoms with Gasteiger partial charge in [-0.2, -0.15) is 4.58 Å². The Labute approximate surface area is 493 Å². The van der Waals surface area contributed by atoms with E-state index in [1.54, 1.807) is 48.5 Å². The fourth-order valence-electron chi connectivity index (χ4n) is 10.6. The highest BCUT2D eigenvalue weighted by Crippen LogP contribution is 2.39. The number of carbonyl (C=O) groups excluding carboxylic acids is 5. The van der Waals surface area contributed by atoms with Crippen LogP contribution in [0.4, 0.5) is 17.1 Å². The summed E-state index contributed by atoms with van der Waals surface area (Å²) in [4.78, 5) is 66.7. The zero-order valence-electron chi connectivity index (χ0n) is 49.1. The van der Waals surface area contributed by atoms with Gasteiger partial charge in [-0.3, -0.25) is 24.0 Å². The molecule has 426 valence electrons. The fourth-order valence-corrected chi connectivity index (χ4v) is 10.6. The highest BCUT2D eigenvalue weighted by atomic mass is 16.3. The number of hydrogen-bond donors (Lipinski definition) is 4. The summed E-state index contributed by atoms with van der Waals surface area (Å²) in [6.07, 6.45) is 9.84. The molecular formula is C72H72N6O6. The standard InChI is InChI=1S/C40H44N2O2.C32H28N4O4/c1-9-29(7)41(35-21-11-25(3)23-27(35)5)33-17-13-31(14-18-33)37-39(43)38(40(37)44)32-15-19-34(20-16-32)42(30(8)10-2)36-22-12-26(4)24-28(36)6;37-29-25-3-1-4-26(15-25)30(38)34-18-22-9-13-24(14-10-22)20-36-32(40)28-6-2-5-27(16-28)31(39)35-19-23-11-7-21(8-12-23)17-33-29/h11-24,29-30H,9-10H2,1-8H3;1-16H,17-20H2,(H,33,37)(H,34,38)(H,35,39)(H,36,40). The molecule has 2 aliphatic carbocycles. The molecule has 4 heterocycles. The van der Waals surface area contributed by atoms with Crippen LogP contribution in [-0.2, 0) is 31.0 Å². The number of nitrogens with zero attached hydrogens (tertiary/aromatic N) is 2. The number of Topliss-reactive ketones (excluding diaryl/α,β-unsaturated/α-hetero) is 1. The molecule has 6 aliphatic rings. The predicted octanol–water partition coefficient (Wildman–Crippen LogP) is 12.2. The summed E-state index contributed by atoms with van der Waals surface area (Å²) < 4.78 is 2.34. The maximum Gasteiger partial charge on any atom is 0.251 e.